The molecule has 0 aliphatic heterocycles. The summed E-state index contributed by atoms with van der Waals surface area (Å²) in [6.45, 7) is 5.04. The number of hydrogen-bond donors (Lipinski definition) is 0. The monoisotopic (exact) mass is 305 g/mol. The third kappa shape index (κ3) is 3.06. The molecule has 2 atom stereocenters. The van der Waals surface area contributed by atoms with Gasteiger partial charge in [-0.15, -0.1) is 11.6 Å². The first-order valence-corrected chi connectivity index (χ1v) is 6.68. The molecule has 2 rings (SSSR count). The van der Waals surface area contributed by atoms with E-state index in [2.05, 4.69) is 9.97 Å². The highest BCUT2D eigenvalue weighted by molar-refractivity contribution is 6.20. The van der Waals surface area contributed by atoms with E-state index in [1.807, 2.05) is 6.92 Å². The summed E-state index contributed by atoms with van der Waals surface area (Å²) in [5.41, 5.74) is 1.91. The lowest BCUT2D eigenvalue weighted by Crippen LogP contribution is -2.18. The van der Waals surface area contributed by atoms with Crippen molar-refractivity contribution in [2.24, 2.45) is 0 Å². The molecule has 0 amide bonds. The summed E-state index contributed by atoms with van der Waals surface area (Å²) in [5.74, 6) is 0.413. The van der Waals surface area contributed by atoms with E-state index in [9.17, 15) is 13.2 Å². The number of alkyl halides is 4. The summed E-state index contributed by atoms with van der Waals surface area (Å²) < 4.78 is 39.3. The van der Waals surface area contributed by atoms with Gasteiger partial charge in [-0.1, -0.05) is 0 Å². The number of pyridine rings is 1. The zero-order valence-electron chi connectivity index (χ0n) is 11.4. The van der Waals surface area contributed by atoms with Crippen molar-refractivity contribution < 1.29 is 13.2 Å². The van der Waals surface area contributed by atoms with Crippen LogP contribution in [0.4, 0.5) is 13.2 Å². The topological polar surface area (TPSA) is 30.7 Å². The van der Waals surface area contributed by atoms with Crippen LogP contribution in [-0.4, -0.2) is 20.7 Å². The Kier molecular flexibility index (Phi) is 3.95. The number of imidazole rings is 1. The summed E-state index contributed by atoms with van der Waals surface area (Å²) in [4.78, 5) is 8.53. The maximum atomic E-state index is 12.6. The maximum Gasteiger partial charge on any atom is 0.391 e. The van der Waals surface area contributed by atoms with Crippen LogP contribution in [0.3, 0.4) is 0 Å². The van der Waals surface area contributed by atoms with E-state index in [4.69, 9.17) is 11.6 Å². The molecule has 0 bridgehead atoms. The molecule has 0 aliphatic rings. The third-order valence-corrected chi connectivity index (χ3v) is 3.21. The number of hydrogen-bond acceptors (Lipinski definition) is 2. The molecule has 2 aromatic rings. The van der Waals surface area contributed by atoms with Gasteiger partial charge in [0.2, 0.25) is 0 Å². The van der Waals surface area contributed by atoms with Crippen molar-refractivity contribution in [2.75, 3.05) is 0 Å². The first kappa shape index (κ1) is 15.1. The minimum Gasteiger partial charge on any atom is -0.308 e. The van der Waals surface area contributed by atoms with Crippen LogP contribution in [0.1, 0.15) is 43.1 Å². The van der Waals surface area contributed by atoms with Gasteiger partial charge < -0.3 is 4.57 Å². The van der Waals surface area contributed by atoms with Gasteiger partial charge in [0.15, 0.2) is 5.65 Å². The summed E-state index contributed by atoms with van der Waals surface area (Å²) in [6.07, 6.45) is -3.57. The van der Waals surface area contributed by atoms with Gasteiger partial charge in [0.25, 0.3) is 0 Å². The lowest BCUT2D eigenvalue weighted by molar-refractivity contribution is -0.141. The Labute approximate surface area is 119 Å². The first-order chi connectivity index (χ1) is 9.19. The van der Waals surface area contributed by atoms with Crippen LogP contribution in [0.25, 0.3) is 11.2 Å². The molecule has 0 spiro atoms. The fraction of sp³-hybridized carbons (Fsp3) is 0.538. The van der Waals surface area contributed by atoms with Gasteiger partial charge in [-0.05, 0) is 32.4 Å². The molecule has 0 N–H and O–H groups in total. The smallest absolute Gasteiger partial charge is 0.308 e. The normalized spacial score (nSPS) is 15.6. The van der Waals surface area contributed by atoms with E-state index in [1.54, 1.807) is 19.2 Å². The SMILES string of the molecule is Cc1cnc2c(c1)nc(C(C)Cl)n2C(C)CC(F)(F)F. The van der Waals surface area contributed by atoms with Crippen LogP contribution >= 0.6 is 11.6 Å². The van der Waals surface area contributed by atoms with Crippen molar-refractivity contribution in [1.29, 1.82) is 0 Å². The Morgan fingerprint density at radius 1 is 1.35 bits per heavy atom. The van der Waals surface area contributed by atoms with Gasteiger partial charge in [0.1, 0.15) is 11.3 Å². The van der Waals surface area contributed by atoms with E-state index >= 15 is 0 Å². The van der Waals surface area contributed by atoms with E-state index in [0.717, 1.165) is 5.56 Å². The second-order valence-corrected chi connectivity index (χ2v) is 5.63. The summed E-state index contributed by atoms with van der Waals surface area (Å²) in [6, 6.07) is 0.994. The Morgan fingerprint density at radius 3 is 2.55 bits per heavy atom. The molecule has 2 unspecified atom stereocenters. The second kappa shape index (κ2) is 5.24. The number of rotatable bonds is 3. The molecule has 20 heavy (non-hydrogen) atoms. The molecule has 0 aromatic carbocycles. The van der Waals surface area contributed by atoms with Crippen LogP contribution in [0.2, 0.25) is 0 Å². The molecule has 3 nitrogen and oxygen atoms in total. The molecule has 7 heteroatoms. The summed E-state index contributed by atoms with van der Waals surface area (Å²) in [7, 11) is 0. The van der Waals surface area contributed by atoms with Gasteiger partial charge in [-0.2, -0.15) is 13.2 Å². The van der Waals surface area contributed by atoms with E-state index in [-0.39, 0.29) is 0 Å². The zero-order valence-corrected chi connectivity index (χ0v) is 12.1. The quantitative estimate of drug-likeness (QED) is 0.779. The van der Waals surface area contributed by atoms with Crippen LogP contribution in [0.5, 0.6) is 0 Å². The highest BCUT2D eigenvalue weighted by Crippen LogP contribution is 2.33. The van der Waals surface area contributed by atoms with Gasteiger partial charge in [-0.3, -0.25) is 0 Å². The van der Waals surface area contributed by atoms with Crippen LogP contribution in [0, 0.1) is 6.92 Å². The highest BCUT2D eigenvalue weighted by atomic mass is 35.5. The minimum absolute atomic E-state index is 0.413. The van der Waals surface area contributed by atoms with Crippen molar-refractivity contribution in [3.05, 3.63) is 23.7 Å². The molecule has 0 saturated heterocycles. The Hall–Kier alpha value is -1.30. The number of aromatic nitrogens is 3. The average molecular weight is 306 g/mol. The Balaban J connectivity index is 2.57. The van der Waals surface area contributed by atoms with Crippen molar-refractivity contribution in [3.63, 3.8) is 0 Å². The molecule has 0 saturated carbocycles. The number of halogens is 4. The Morgan fingerprint density at radius 2 is 2.00 bits per heavy atom. The second-order valence-electron chi connectivity index (χ2n) is 4.98. The van der Waals surface area contributed by atoms with Crippen molar-refractivity contribution in [2.45, 2.75) is 44.8 Å². The molecule has 110 valence electrons. The first-order valence-electron chi connectivity index (χ1n) is 6.24. The lowest BCUT2D eigenvalue weighted by atomic mass is 10.2. The number of fused-ring (bicyclic) bond motifs is 1. The van der Waals surface area contributed by atoms with Gasteiger partial charge in [0, 0.05) is 12.2 Å². The van der Waals surface area contributed by atoms with Crippen molar-refractivity contribution in [1.82, 2.24) is 14.5 Å². The van der Waals surface area contributed by atoms with Gasteiger partial charge in [0.05, 0.1) is 11.8 Å². The fourth-order valence-electron chi connectivity index (χ4n) is 2.24. The Bertz CT molecular complexity index is 619. The molecular formula is C13H15ClF3N3. The minimum atomic E-state index is -4.24. The fourth-order valence-corrected chi connectivity index (χ4v) is 2.40. The maximum absolute atomic E-state index is 12.6. The summed E-state index contributed by atoms with van der Waals surface area (Å²) in [5, 5.41) is -0.486. The van der Waals surface area contributed by atoms with Crippen LogP contribution in [0.15, 0.2) is 12.3 Å². The number of aryl methyl sites for hydroxylation is 1. The van der Waals surface area contributed by atoms with Crippen LogP contribution in [-0.2, 0) is 0 Å². The molecule has 0 aliphatic carbocycles. The highest BCUT2D eigenvalue weighted by Gasteiger charge is 2.32. The molecule has 2 aromatic heterocycles. The van der Waals surface area contributed by atoms with Crippen LogP contribution < -0.4 is 0 Å². The average Bonchev–Trinajstić information content (AvgIpc) is 2.64. The molecular weight excluding hydrogens is 291 g/mol. The third-order valence-electron chi connectivity index (χ3n) is 3.02. The summed E-state index contributed by atoms with van der Waals surface area (Å²) >= 11 is 6.04. The predicted octanol–water partition coefficient (Wildman–Crippen LogP) is 4.55. The van der Waals surface area contributed by atoms with E-state index in [1.165, 1.54) is 11.5 Å². The van der Waals surface area contributed by atoms with Gasteiger partial charge >= 0.3 is 6.18 Å². The standard InChI is InChI=1S/C13H15ClF3N3/c1-7-4-10-12(18-6-7)20(11(19-10)9(3)14)8(2)5-13(15,16)17/h4,6,8-9H,5H2,1-3H3. The largest absolute Gasteiger partial charge is 0.391 e. The predicted molar refractivity (Wildman–Crippen MR) is 71.9 cm³/mol. The van der Waals surface area contributed by atoms with Crippen molar-refractivity contribution >= 4 is 22.8 Å². The zero-order chi connectivity index (χ0) is 15.1. The van der Waals surface area contributed by atoms with E-state index in [0.29, 0.717) is 17.0 Å². The number of nitrogens with zero attached hydrogens (tertiary/aromatic N) is 3. The lowest BCUT2D eigenvalue weighted by Gasteiger charge is -2.19. The molecule has 0 fully saturated rings. The van der Waals surface area contributed by atoms with Gasteiger partial charge in [-0.25, -0.2) is 9.97 Å². The van der Waals surface area contributed by atoms with Crippen molar-refractivity contribution in [3.8, 4) is 0 Å². The molecule has 0 radical (unpaired) electrons. The molecule has 2 heterocycles. The van der Waals surface area contributed by atoms with E-state index < -0.39 is 24.0 Å².